The van der Waals surface area contributed by atoms with Crippen molar-refractivity contribution in [2.24, 2.45) is 17.1 Å². The molecule has 1 aromatic heterocycles. The highest BCUT2D eigenvalue weighted by atomic mass is 16.5. The van der Waals surface area contributed by atoms with Crippen LogP contribution in [0.15, 0.2) is 72.9 Å². The molecule has 0 radical (unpaired) electrons. The van der Waals surface area contributed by atoms with Gasteiger partial charge in [-0.2, -0.15) is 0 Å². The molecule has 3 aromatic rings. The molecule has 0 saturated carbocycles. The highest BCUT2D eigenvalue weighted by molar-refractivity contribution is 5.91. The van der Waals surface area contributed by atoms with E-state index in [0.717, 1.165) is 16.7 Å². The van der Waals surface area contributed by atoms with Crippen LogP contribution in [0.25, 0.3) is 0 Å². The van der Waals surface area contributed by atoms with E-state index in [0.29, 0.717) is 31.0 Å². The van der Waals surface area contributed by atoms with Crippen LogP contribution in [0.3, 0.4) is 0 Å². The van der Waals surface area contributed by atoms with Crippen LogP contribution < -0.4 is 21.1 Å². The minimum atomic E-state index is -1.20. The minimum Gasteiger partial charge on any atom is -0.482 e. The lowest BCUT2D eigenvalue weighted by Crippen LogP contribution is -2.55. The third kappa shape index (κ3) is 8.70. The Labute approximate surface area is 271 Å². The van der Waals surface area contributed by atoms with Gasteiger partial charge in [0.1, 0.15) is 5.75 Å². The van der Waals surface area contributed by atoms with Crippen LogP contribution in [0.4, 0.5) is 4.79 Å². The molecular weight excluding hydrogens is 582 g/mol. The van der Waals surface area contributed by atoms with E-state index in [1.165, 1.54) is 0 Å². The summed E-state index contributed by atoms with van der Waals surface area (Å²) in [6, 6.07) is 17.9. The smallest absolute Gasteiger partial charge is 0.318 e. The minimum absolute atomic E-state index is 0.0168. The second kappa shape index (κ2) is 15.3. The van der Waals surface area contributed by atoms with Crippen molar-refractivity contribution in [1.29, 1.82) is 0 Å². The zero-order chi connectivity index (χ0) is 33.4. The number of benzene rings is 2. The van der Waals surface area contributed by atoms with Gasteiger partial charge in [-0.05, 0) is 54.9 Å². The number of ether oxygens (including phenoxy) is 1. The maximum Gasteiger partial charge on any atom is 0.318 e. The number of carbonyl (C=O) groups excluding carboxylic acids is 3. The molecule has 0 aliphatic carbocycles. The number of hydrogen-bond donors (Lipinski definition) is 4. The average Bonchev–Trinajstić information content (AvgIpc) is 3.43. The second-order valence-corrected chi connectivity index (χ2v) is 13.1. The fourth-order valence-electron chi connectivity index (χ4n) is 6.21. The number of aromatic nitrogens is 1. The molecule has 10 nitrogen and oxygen atoms in total. The zero-order valence-corrected chi connectivity index (χ0v) is 27.4. The Balaban J connectivity index is 1.62. The van der Waals surface area contributed by atoms with Gasteiger partial charge in [-0.3, -0.25) is 14.6 Å². The second-order valence-electron chi connectivity index (χ2n) is 13.1. The molecule has 1 aliphatic heterocycles. The Morgan fingerprint density at radius 3 is 2.30 bits per heavy atom. The predicted molar refractivity (Wildman–Crippen MR) is 177 cm³/mol. The molecule has 0 bridgehead atoms. The van der Waals surface area contributed by atoms with Gasteiger partial charge in [-0.1, -0.05) is 81.4 Å². The highest BCUT2D eigenvalue weighted by Crippen LogP contribution is 2.32. The Bertz CT molecular complexity index is 1460. The van der Waals surface area contributed by atoms with Gasteiger partial charge < -0.3 is 31.1 Å². The number of amides is 3. The van der Waals surface area contributed by atoms with Crippen LogP contribution >= 0.6 is 0 Å². The number of aliphatic hydroxyl groups excluding tert-OH is 1. The van der Waals surface area contributed by atoms with Crippen molar-refractivity contribution in [1.82, 2.24) is 20.5 Å². The number of nitrogens with one attached hydrogen (secondary N) is 2. The van der Waals surface area contributed by atoms with E-state index in [1.54, 1.807) is 24.1 Å². The normalized spacial score (nSPS) is 16.6. The molecule has 5 N–H and O–H groups in total. The van der Waals surface area contributed by atoms with E-state index in [-0.39, 0.29) is 24.8 Å². The van der Waals surface area contributed by atoms with Crippen LogP contribution in [0.1, 0.15) is 55.6 Å². The number of aryl methyl sites for hydroxylation is 2. The molecule has 1 saturated heterocycles. The summed E-state index contributed by atoms with van der Waals surface area (Å²) in [4.78, 5) is 46.4. The molecule has 1 unspecified atom stereocenters. The zero-order valence-electron chi connectivity index (χ0n) is 27.4. The Hall–Kier alpha value is -4.28. The number of rotatable bonds is 14. The molecule has 1 aliphatic rings. The number of Topliss-reactive ketones (excluding diaryl/α,β-unsaturated/α-hetero) is 1. The average molecular weight is 630 g/mol. The molecule has 3 amide bonds. The van der Waals surface area contributed by atoms with Gasteiger partial charge in [0.25, 0.3) is 5.91 Å². The molecule has 2 heterocycles. The lowest BCUT2D eigenvalue weighted by atomic mass is 9.75. The van der Waals surface area contributed by atoms with Crippen LogP contribution in [-0.4, -0.2) is 70.6 Å². The molecule has 2 aromatic carbocycles. The van der Waals surface area contributed by atoms with Crippen LogP contribution in [0.5, 0.6) is 5.75 Å². The monoisotopic (exact) mass is 629 g/mol. The van der Waals surface area contributed by atoms with Gasteiger partial charge in [-0.25, -0.2) is 4.79 Å². The van der Waals surface area contributed by atoms with Gasteiger partial charge in [0.2, 0.25) is 0 Å². The summed E-state index contributed by atoms with van der Waals surface area (Å²) in [5.41, 5.74) is 9.32. The van der Waals surface area contributed by atoms with E-state index < -0.39 is 41.5 Å². The Kier molecular flexibility index (Phi) is 11.5. The molecular formula is C36H47N5O5. The van der Waals surface area contributed by atoms with Crippen molar-refractivity contribution in [2.45, 2.75) is 71.7 Å². The molecule has 246 valence electrons. The third-order valence-corrected chi connectivity index (χ3v) is 8.49. The molecule has 46 heavy (non-hydrogen) atoms. The fourth-order valence-corrected chi connectivity index (χ4v) is 6.21. The Morgan fingerprint density at radius 2 is 1.72 bits per heavy atom. The van der Waals surface area contributed by atoms with Crippen LogP contribution in [0, 0.1) is 25.2 Å². The lowest BCUT2D eigenvalue weighted by molar-refractivity contribution is -0.131. The number of nitrogens with two attached hydrogens (primary N) is 1. The summed E-state index contributed by atoms with van der Waals surface area (Å²) in [6.45, 7) is 10.1. The van der Waals surface area contributed by atoms with Gasteiger partial charge in [0, 0.05) is 25.2 Å². The van der Waals surface area contributed by atoms with Crippen molar-refractivity contribution in [3.8, 4) is 5.75 Å². The third-order valence-electron chi connectivity index (χ3n) is 8.49. The quantitative estimate of drug-likeness (QED) is 0.212. The summed E-state index contributed by atoms with van der Waals surface area (Å²) in [7, 11) is 0. The maximum absolute atomic E-state index is 14.5. The van der Waals surface area contributed by atoms with Crippen molar-refractivity contribution in [3.63, 3.8) is 0 Å². The van der Waals surface area contributed by atoms with E-state index in [4.69, 9.17) is 10.5 Å². The van der Waals surface area contributed by atoms with E-state index in [2.05, 4.69) is 15.6 Å². The molecule has 4 rings (SSSR count). The fraction of sp³-hybridized carbons (Fsp3) is 0.444. The van der Waals surface area contributed by atoms with E-state index >= 15 is 0 Å². The van der Waals surface area contributed by atoms with E-state index in [1.807, 2.05) is 88.4 Å². The first kappa shape index (κ1) is 34.6. The maximum atomic E-state index is 14.5. The van der Waals surface area contributed by atoms with E-state index in [9.17, 15) is 19.5 Å². The largest absolute Gasteiger partial charge is 0.482 e. The first-order valence-electron chi connectivity index (χ1n) is 15.8. The number of nitrogens with zero attached hydrogens (tertiary/aromatic N) is 2. The number of pyridine rings is 1. The van der Waals surface area contributed by atoms with Gasteiger partial charge in [0.05, 0.1) is 29.9 Å². The predicted octanol–water partition coefficient (Wildman–Crippen LogP) is 3.88. The summed E-state index contributed by atoms with van der Waals surface area (Å²) in [5.74, 6) is -0.758. The number of carbonyl (C=O) groups is 3. The standard InChI is InChI=1S/C36H47N5O5/c1-23-16-17-38-24(2)33(23)46-22-29(43)40-31(30(37)26-14-10-7-11-15-26)28(42)21-27(20-25-12-8-6-9-13-25)32(44)34(36(3,4)5)41-19-18-39-35(41)45/h6-17,27-28,30-31,34,42H,18-22,37H2,1-5H3,(H,39,45)(H,40,43)/t27-,28-,30?,31+,34+/m0/s1. The highest BCUT2D eigenvalue weighted by Gasteiger charge is 2.44. The first-order chi connectivity index (χ1) is 21.9. The summed E-state index contributed by atoms with van der Waals surface area (Å²) >= 11 is 0. The van der Waals surface area contributed by atoms with Gasteiger partial charge >= 0.3 is 6.03 Å². The SMILES string of the molecule is Cc1ccnc(C)c1OCC(=O)N[C@@H](C(N)c1ccccc1)[C@@H](O)C[C@H](Cc1ccccc1)C(=O)[C@@H](N1CCNC1=O)C(C)(C)C. The number of aliphatic hydroxyl groups is 1. The first-order valence-corrected chi connectivity index (χ1v) is 15.8. The van der Waals surface area contributed by atoms with Gasteiger partial charge in [-0.15, -0.1) is 0 Å². The number of urea groups is 1. The number of ketones is 1. The lowest BCUT2D eigenvalue weighted by Gasteiger charge is -2.39. The van der Waals surface area contributed by atoms with Crippen LogP contribution in [0.2, 0.25) is 0 Å². The topological polar surface area (TPSA) is 147 Å². The number of hydrogen-bond acceptors (Lipinski definition) is 7. The van der Waals surface area contributed by atoms with Crippen molar-refractivity contribution < 1.29 is 24.2 Å². The van der Waals surface area contributed by atoms with Crippen molar-refractivity contribution >= 4 is 17.7 Å². The van der Waals surface area contributed by atoms with Gasteiger partial charge in [0.15, 0.2) is 12.4 Å². The summed E-state index contributed by atoms with van der Waals surface area (Å²) in [6.07, 6.45) is 0.842. The van der Waals surface area contributed by atoms with Crippen molar-refractivity contribution in [3.05, 3.63) is 95.3 Å². The molecule has 10 heteroatoms. The van der Waals surface area contributed by atoms with Crippen LogP contribution in [-0.2, 0) is 16.0 Å². The molecule has 0 spiro atoms. The Morgan fingerprint density at radius 1 is 1.07 bits per heavy atom. The molecule has 5 atom stereocenters. The van der Waals surface area contributed by atoms with Crippen molar-refractivity contribution in [2.75, 3.05) is 19.7 Å². The molecule has 1 fully saturated rings. The summed E-state index contributed by atoms with van der Waals surface area (Å²) < 4.78 is 5.84. The summed E-state index contributed by atoms with van der Waals surface area (Å²) in [5, 5.41) is 17.6.